The highest BCUT2D eigenvalue weighted by Gasteiger charge is 2.23. The predicted octanol–water partition coefficient (Wildman–Crippen LogP) is 1.19. The lowest BCUT2D eigenvalue weighted by Gasteiger charge is -2.13. The third-order valence-corrected chi connectivity index (χ3v) is 4.87. The summed E-state index contributed by atoms with van der Waals surface area (Å²) in [5.41, 5.74) is 0.470. The van der Waals surface area contributed by atoms with Crippen molar-refractivity contribution in [2.75, 3.05) is 0 Å². The fraction of sp³-hybridized carbons (Fsp3) is 0.188. The molecule has 2 aromatic carbocycles. The van der Waals surface area contributed by atoms with Crippen LogP contribution in [0.4, 0.5) is 0 Å². The van der Waals surface area contributed by atoms with Crippen LogP contribution in [0, 0.1) is 0 Å². The minimum atomic E-state index is -2.75. The summed E-state index contributed by atoms with van der Waals surface area (Å²) in [6.45, 7) is -1.15. The molecule has 116 valence electrons. The third-order valence-electron chi connectivity index (χ3n) is 3.35. The van der Waals surface area contributed by atoms with Gasteiger partial charge in [-0.05, 0) is 16.7 Å². The average Bonchev–Trinajstić information content (AvgIpc) is 2.59. The van der Waals surface area contributed by atoms with Gasteiger partial charge in [0.2, 0.25) is 5.52 Å². The van der Waals surface area contributed by atoms with E-state index in [0.29, 0.717) is 10.9 Å². The molecule has 2 rings (SSSR count). The predicted molar refractivity (Wildman–Crippen MR) is 83.6 cm³/mol. The second-order valence-electron chi connectivity index (χ2n) is 4.79. The number of carbonyl (C=O) groups is 1. The molecule has 0 aliphatic heterocycles. The Kier molecular flexibility index (Phi) is 5.63. The van der Waals surface area contributed by atoms with Crippen LogP contribution >= 0.6 is 7.80 Å². The first-order valence-electron chi connectivity index (χ1n) is 6.73. The van der Waals surface area contributed by atoms with Gasteiger partial charge in [-0.3, -0.25) is 4.79 Å². The van der Waals surface area contributed by atoms with Gasteiger partial charge < -0.3 is 19.9 Å². The smallest absolute Gasteiger partial charge is 0.223 e. The highest BCUT2D eigenvalue weighted by Crippen LogP contribution is 2.31. The van der Waals surface area contributed by atoms with Gasteiger partial charge in [0.25, 0.3) is 0 Å². The van der Waals surface area contributed by atoms with E-state index in [-0.39, 0.29) is 23.3 Å². The lowest BCUT2D eigenvalue weighted by Crippen LogP contribution is -2.11. The minimum Gasteiger partial charge on any atom is -0.392 e. The third kappa shape index (κ3) is 3.34. The summed E-state index contributed by atoms with van der Waals surface area (Å²) in [6, 6.07) is 11.3. The van der Waals surface area contributed by atoms with Gasteiger partial charge >= 0.3 is 0 Å². The lowest BCUT2D eigenvalue weighted by atomic mass is 9.99. The van der Waals surface area contributed by atoms with E-state index in [1.165, 1.54) is 12.1 Å². The Balaban J connectivity index is 2.51. The molecular weight excluding hydrogens is 303 g/mol. The number of aliphatic hydroxyl groups excluding tert-OH is 3. The van der Waals surface area contributed by atoms with Crippen LogP contribution in [-0.4, -0.2) is 20.8 Å². The summed E-state index contributed by atoms with van der Waals surface area (Å²) in [5.74, 6) is 0. The average molecular weight is 320 g/mol. The number of aliphatic hydroxyl groups is 3. The maximum atomic E-state index is 12.6. The molecule has 22 heavy (non-hydrogen) atoms. The molecule has 6 heteroatoms. The van der Waals surface area contributed by atoms with Crippen LogP contribution in [0.25, 0.3) is 0 Å². The van der Waals surface area contributed by atoms with Crippen molar-refractivity contribution in [1.29, 1.82) is 0 Å². The van der Waals surface area contributed by atoms with Gasteiger partial charge in [0, 0.05) is 10.9 Å². The highest BCUT2D eigenvalue weighted by molar-refractivity contribution is 7.71. The topological polar surface area (TPSA) is 94.8 Å². The Hall–Kier alpha value is -1.78. The second-order valence-corrected chi connectivity index (χ2v) is 6.48. The molecule has 5 nitrogen and oxygen atoms in total. The Bertz CT molecular complexity index is 672. The van der Waals surface area contributed by atoms with E-state index in [0.717, 1.165) is 0 Å². The first-order chi connectivity index (χ1) is 10.6. The van der Waals surface area contributed by atoms with Gasteiger partial charge in [0.05, 0.1) is 19.8 Å². The molecular formula is C16H17O5P. The van der Waals surface area contributed by atoms with Crippen molar-refractivity contribution in [3.05, 3.63) is 64.7 Å². The summed E-state index contributed by atoms with van der Waals surface area (Å²) in [7, 11) is -2.75. The van der Waals surface area contributed by atoms with Gasteiger partial charge in [0.1, 0.15) is 0 Å². The quantitative estimate of drug-likeness (QED) is 0.695. The SMILES string of the molecule is O=C(c1c(CO)cc(CO)cc1CO)[PH](=O)c1ccccc1. The van der Waals surface area contributed by atoms with E-state index < -0.39 is 26.5 Å². The normalized spacial score (nSPS) is 12.1. The fourth-order valence-electron chi connectivity index (χ4n) is 2.31. The molecule has 2 aromatic rings. The van der Waals surface area contributed by atoms with Crippen LogP contribution in [0.3, 0.4) is 0 Å². The van der Waals surface area contributed by atoms with Crippen LogP contribution in [0.1, 0.15) is 27.0 Å². The Morgan fingerprint density at radius 3 is 1.91 bits per heavy atom. The molecule has 0 aliphatic rings. The number of hydrogen-bond acceptors (Lipinski definition) is 5. The lowest BCUT2D eigenvalue weighted by molar-refractivity contribution is 0.107. The van der Waals surface area contributed by atoms with Gasteiger partial charge in [0.15, 0.2) is 7.80 Å². The standard InChI is InChI=1S/C16H17O5P/c17-8-11-6-12(9-18)15(13(7-11)10-19)16(20)22(21)14-4-2-1-3-5-14/h1-7,17-19,22H,8-10H2. The maximum Gasteiger partial charge on any atom is 0.223 e. The number of carbonyl (C=O) groups excluding carboxylic acids is 1. The van der Waals surface area contributed by atoms with Gasteiger partial charge in [-0.25, -0.2) is 0 Å². The molecule has 1 unspecified atom stereocenters. The number of hydrogen-bond donors (Lipinski definition) is 3. The second kappa shape index (κ2) is 7.47. The van der Waals surface area contributed by atoms with Crippen LogP contribution in [0.2, 0.25) is 0 Å². The zero-order valence-corrected chi connectivity index (χ0v) is 12.8. The Morgan fingerprint density at radius 2 is 1.45 bits per heavy atom. The van der Waals surface area contributed by atoms with Crippen LogP contribution in [-0.2, 0) is 24.4 Å². The van der Waals surface area contributed by atoms with E-state index in [4.69, 9.17) is 0 Å². The van der Waals surface area contributed by atoms with Crippen LogP contribution in [0.5, 0.6) is 0 Å². The van der Waals surface area contributed by atoms with E-state index in [2.05, 4.69) is 0 Å². The fourth-order valence-corrected chi connectivity index (χ4v) is 3.61. The molecule has 0 amide bonds. The molecule has 0 aromatic heterocycles. The van der Waals surface area contributed by atoms with E-state index in [9.17, 15) is 24.7 Å². The highest BCUT2D eigenvalue weighted by atomic mass is 31.1. The van der Waals surface area contributed by atoms with Gasteiger partial charge in [-0.15, -0.1) is 0 Å². The van der Waals surface area contributed by atoms with Crippen molar-refractivity contribution >= 4 is 18.6 Å². The van der Waals surface area contributed by atoms with Crippen molar-refractivity contribution < 1.29 is 24.7 Å². The Labute approximate surface area is 128 Å². The zero-order valence-electron chi connectivity index (χ0n) is 11.8. The summed E-state index contributed by atoms with van der Waals surface area (Å²) in [5, 5.41) is 28.5. The van der Waals surface area contributed by atoms with Crippen molar-refractivity contribution in [3.8, 4) is 0 Å². The Morgan fingerprint density at radius 1 is 0.909 bits per heavy atom. The van der Waals surface area contributed by atoms with Crippen molar-refractivity contribution in [2.45, 2.75) is 19.8 Å². The van der Waals surface area contributed by atoms with Crippen LogP contribution in [0.15, 0.2) is 42.5 Å². The summed E-state index contributed by atoms with van der Waals surface area (Å²) in [4.78, 5) is 12.6. The molecule has 0 fully saturated rings. The largest absolute Gasteiger partial charge is 0.392 e. The molecule has 0 saturated heterocycles. The number of benzene rings is 2. The molecule has 3 N–H and O–H groups in total. The zero-order chi connectivity index (χ0) is 16.1. The van der Waals surface area contributed by atoms with Gasteiger partial charge in [-0.2, -0.15) is 0 Å². The van der Waals surface area contributed by atoms with E-state index in [1.54, 1.807) is 30.3 Å². The summed E-state index contributed by atoms with van der Waals surface area (Å²) < 4.78 is 12.5. The molecule has 0 bridgehead atoms. The number of rotatable bonds is 6. The molecule has 0 saturated carbocycles. The van der Waals surface area contributed by atoms with Crippen molar-refractivity contribution in [1.82, 2.24) is 0 Å². The molecule has 0 spiro atoms. The van der Waals surface area contributed by atoms with Crippen molar-refractivity contribution in [3.63, 3.8) is 0 Å². The monoisotopic (exact) mass is 320 g/mol. The van der Waals surface area contributed by atoms with Gasteiger partial charge in [-0.1, -0.05) is 42.5 Å². The molecule has 1 atom stereocenters. The summed E-state index contributed by atoms with van der Waals surface area (Å²) >= 11 is 0. The van der Waals surface area contributed by atoms with E-state index >= 15 is 0 Å². The first-order valence-corrected chi connectivity index (χ1v) is 8.14. The van der Waals surface area contributed by atoms with Crippen LogP contribution < -0.4 is 5.30 Å². The molecule has 0 aliphatic carbocycles. The first kappa shape index (κ1) is 16.6. The van der Waals surface area contributed by atoms with Crippen molar-refractivity contribution in [2.24, 2.45) is 0 Å². The molecule has 0 radical (unpaired) electrons. The minimum absolute atomic E-state index is 0.0786. The summed E-state index contributed by atoms with van der Waals surface area (Å²) in [6.07, 6.45) is 0. The molecule has 0 heterocycles. The maximum absolute atomic E-state index is 12.6. The van der Waals surface area contributed by atoms with E-state index in [1.807, 2.05) is 0 Å².